The maximum atomic E-state index is 13.2. The number of alkyl halides is 3. The van der Waals surface area contributed by atoms with Crippen LogP contribution in [-0.2, 0) is 12.7 Å². The molecule has 0 atom stereocenters. The van der Waals surface area contributed by atoms with Crippen LogP contribution in [0.4, 0.5) is 13.2 Å². The lowest BCUT2D eigenvalue weighted by molar-refractivity contribution is -0.137. The minimum Gasteiger partial charge on any atom is -0.302 e. The number of nitrogens with zero attached hydrogens (tertiary/aromatic N) is 7. The van der Waals surface area contributed by atoms with Crippen molar-refractivity contribution in [3.63, 3.8) is 0 Å². The van der Waals surface area contributed by atoms with E-state index in [1.807, 2.05) is 12.3 Å². The van der Waals surface area contributed by atoms with Gasteiger partial charge in [-0.3, -0.25) is 14.3 Å². The van der Waals surface area contributed by atoms with E-state index in [-0.39, 0.29) is 6.54 Å². The highest BCUT2D eigenvalue weighted by Crippen LogP contribution is 2.31. The van der Waals surface area contributed by atoms with E-state index in [1.165, 1.54) is 29.7 Å². The first-order chi connectivity index (χ1) is 16.5. The summed E-state index contributed by atoms with van der Waals surface area (Å²) in [5.41, 5.74) is 3.75. The van der Waals surface area contributed by atoms with Crippen LogP contribution in [0.1, 0.15) is 49.4 Å². The second-order valence-electron chi connectivity index (χ2n) is 8.82. The maximum Gasteiger partial charge on any atom is 0.417 e. The Labute approximate surface area is 192 Å². The summed E-state index contributed by atoms with van der Waals surface area (Å²) < 4.78 is 44.9. The smallest absolute Gasteiger partial charge is 0.302 e. The van der Waals surface area contributed by atoms with E-state index >= 15 is 0 Å². The van der Waals surface area contributed by atoms with Gasteiger partial charge in [0.15, 0.2) is 0 Å². The lowest BCUT2D eigenvalue weighted by Crippen LogP contribution is -2.12. The van der Waals surface area contributed by atoms with Crippen LogP contribution in [0.25, 0.3) is 27.8 Å². The molecule has 1 aliphatic carbocycles. The number of hydrogen-bond donors (Lipinski definition) is 0. The number of pyridine rings is 2. The molecule has 1 fully saturated rings. The van der Waals surface area contributed by atoms with Gasteiger partial charge in [-0.1, -0.05) is 19.3 Å². The average Bonchev–Trinajstić information content (AvgIpc) is 3.58. The summed E-state index contributed by atoms with van der Waals surface area (Å²) >= 11 is 0. The third-order valence-electron chi connectivity index (χ3n) is 6.60. The van der Waals surface area contributed by atoms with Gasteiger partial charge < -0.3 is 4.40 Å². The zero-order valence-electron chi connectivity index (χ0n) is 18.3. The summed E-state index contributed by atoms with van der Waals surface area (Å²) in [6, 6.07) is 4.86. The Kier molecular flexibility index (Phi) is 4.89. The Balaban J connectivity index is 1.33. The van der Waals surface area contributed by atoms with E-state index in [1.54, 1.807) is 23.3 Å². The highest BCUT2D eigenvalue weighted by molar-refractivity contribution is 5.80. The van der Waals surface area contributed by atoms with Gasteiger partial charge in [-0.2, -0.15) is 23.4 Å². The summed E-state index contributed by atoms with van der Waals surface area (Å²) in [7, 11) is 0. The molecule has 10 heteroatoms. The summed E-state index contributed by atoms with van der Waals surface area (Å²) in [4.78, 5) is 8.79. The van der Waals surface area contributed by atoms with Gasteiger partial charge in [0.05, 0.1) is 48.0 Å². The van der Waals surface area contributed by atoms with Gasteiger partial charge in [-0.15, -0.1) is 0 Å². The molecule has 6 rings (SSSR count). The molecule has 174 valence electrons. The minimum absolute atomic E-state index is 0.262. The Morgan fingerprint density at radius 3 is 2.56 bits per heavy atom. The van der Waals surface area contributed by atoms with Crippen LogP contribution in [0.2, 0.25) is 0 Å². The van der Waals surface area contributed by atoms with Crippen LogP contribution in [0.15, 0.2) is 55.4 Å². The second-order valence-corrected chi connectivity index (χ2v) is 8.82. The molecule has 5 aromatic heterocycles. The molecule has 0 bridgehead atoms. The van der Waals surface area contributed by atoms with Crippen LogP contribution in [0.3, 0.4) is 0 Å². The number of halogens is 3. The number of rotatable bonds is 4. The topological polar surface area (TPSA) is 65.8 Å². The van der Waals surface area contributed by atoms with Crippen molar-refractivity contribution >= 4 is 16.7 Å². The molecule has 1 aliphatic rings. The van der Waals surface area contributed by atoms with Crippen LogP contribution < -0.4 is 0 Å². The molecule has 0 radical (unpaired) electrons. The zero-order chi connectivity index (χ0) is 23.3. The molecule has 0 aliphatic heterocycles. The molecule has 0 saturated heterocycles. The van der Waals surface area contributed by atoms with Crippen molar-refractivity contribution in [2.45, 2.75) is 50.9 Å². The van der Waals surface area contributed by atoms with Gasteiger partial charge in [0.2, 0.25) is 0 Å². The summed E-state index contributed by atoms with van der Waals surface area (Å²) in [5.74, 6) is 0. The van der Waals surface area contributed by atoms with Crippen molar-refractivity contribution in [2.75, 3.05) is 0 Å². The van der Waals surface area contributed by atoms with Crippen LogP contribution in [-0.4, -0.2) is 33.9 Å². The first-order valence-corrected chi connectivity index (χ1v) is 11.3. The fraction of sp³-hybridized carbons (Fsp3) is 0.333. The molecule has 0 amide bonds. The fourth-order valence-electron chi connectivity index (χ4n) is 4.74. The standard InChI is InChI=1S/C24H22F3N7/c25-24(26,27)18-6-7-23-29-11-20(32(23)14-18)15-34-22-8-16(9-28-21(22)12-31-34)17-10-30-33(13-17)19-4-2-1-3-5-19/h6-14,19H,1-5,15H2. The summed E-state index contributed by atoms with van der Waals surface area (Å²) in [6.07, 6.45) is 11.7. The third-order valence-corrected chi connectivity index (χ3v) is 6.60. The molecular formula is C24H22F3N7. The highest BCUT2D eigenvalue weighted by Gasteiger charge is 2.31. The maximum absolute atomic E-state index is 13.2. The lowest BCUT2D eigenvalue weighted by Gasteiger charge is -2.21. The average molecular weight is 465 g/mol. The van der Waals surface area contributed by atoms with Crippen molar-refractivity contribution in [3.05, 3.63) is 66.6 Å². The van der Waals surface area contributed by atoms with Crippen molar-refractivity contribution in [3.8, 4) is 11.1 Å². The predicted molar refractivity (Wildman–Crippen MR) is 120 cm³/mol. The molecule has 5 heterocycles. The third kappa shape index (κ3) is 3.72. The molecule has 1 saturated carbocycles. The lowest BCUT2D eigenvalue weighted by atomic mass is 9.96. The Bertz CT molecular complexity index is 1470. The first kappa shape index (κ1) is 20.9. The van der Waals surface area contributed by atoms with Gasteiger partial charge in [0, 0.05) is 29.7 Å². The van der Waals surface area contributed by atoms with Crippen LogP contribution in [0.5, 0.6) is 0 Å². The summed E-state index contributed by atoms with van der Waals surface area (Å²) in [6.45, 7) is 0.262. The molecule has 7 nitrogen and oxygen atoms in total. The van der Waals surface area contributed by atoms with E-state index in [0.29, 0.717) is 22.9 Å². The van der Waals surface area contributed by atoms with Gasteiger partial charge in [0.1, 0.15) is 11.2 Å². The number of hydrogen-bond acceptors (Lipinski definition) is 4. The number of fused-ring (bicyclic) bond motifs is 2. The molecule has 0 unspecified atom stereocenters. The first-order valence-electron chi connectivity index (χ1n) is 11.3. The number of aromatic nitrogens is 7. The van der Waals surface area contributed by atoms with Gasteiger partial charge >= 0.3 is 6.18 Å². The van der Waals surface area contributed by atoms with Crippen molar-refractivity contribution in [1.29, 1.82) is 0 Å². The normalized spacial score (nSPS) is 15.5. The Morgan fingerprint density at radius 1 is 0.882 bits per heavy atom. The van der Waals surface area contributed by atoms with Gasteiger partial charge in [-0.25, -0.2) is 4.98 Å². The van der Waals surface area contributed by atoms with E-state index in [0.717, 1.165) is 41.7 Å². The molecule has 0 N–H and O–H groups in total. The van der Waals surface area contributed by atoms with E-state index in [4.69, 9.17) is 0 Å². The van der Waals surface area contributed by atoms with E-state index in [2.05, 4.69) is 31.0 Å². The Hall–Kier alpha value is -3.69. The SMILES string of the molecule is FC(F)(F)c1ccc2ncc(Cn3ncc4ncc(-c5cnn(C6CCCCC6)c5)cc43)n2c1. The monoisotopic (exact) mass is 465 g/mol. The Morgan fingerprint density at radius 2 is 1.74 bits per heavy atom. The van der Waals surface area contributed by atoms with Crippen molar-refractivity contribution in [2.24, 2.45) is 0 Å². The van der Waals surface area contributed by atoms with E-state index in [9.17, 15) is 13.2 Å². The number of imidazole rings is 1. The van der Waals surface area contributed by atoms with E-state index < -0.39 is 11.7 Å². The molecular weight excluding hydrogens is 443 g/mol. The fourth-order valence-corrected chi connectivity index (χ4v) is 4.74. The largest absolute Gasteiger partial charge is 0.417 e. The van der Waals surface area contributed by atoms with Gasteiger partial charge in [-0.05, 0) is 31.0 Å². The molecule has 0 aromatic carbocycles. The van der Waals surface area contributed by atoms with Crippen molar-refractivity contribution in [1.82, 2.24) is 33.9 Å². The van der Waals surface area contributed by atoms with Gasteiger partial charge in [0.25, 0.3) is 0 Å². The quantitative estimate of drug-likeness (QED) is 0.351. The summed E-state index contributed by atoms with van der Waals surface area (Å²) in [5, 5.41) is 9.02. The zero-order valence-corrected chi connectivity index (χ0v) is 18.3. The molecule has 34 heavy (non-hydrogen) atoms. The molecule has 5 aromatic rings. The van der Waals surface area contributed by atoms with Crippen LogP contribution in [0, 0.1) is 0 Å². The molecule has 0 spiro atoms. The van der Waals surface area contributed by atoms with Crippen molar-refractivity contribution < 1.29 is 13.2 Å². The highest BCUT2D eigenvalue weighted by atomic mass is 19.4. The second kappa shape index (κ2) is 7.96. The minimum atomic E-state index is -4.42. The van der Waals surface area contributed by atoms with Crippen LogP contribution >= 0.6 is 0 Å². The predicted octanol–water partition coefficient (Wildman–Crippen LogP) is 5.51.